The van der Waals surface area contributed by atoms with Gasteiger partial charge in [0.2, 0.25) is 0 Å². The van der Waals surface area contributed by atoms with Crippen LogP contribution in [0.15, 0.2) is 60.7 Å². The van der Waals surface area contributed by atoms with E-state index in [1.165, 1.54) is 23.1 Å². The van der Waals surface area contributed by atoms with Gasteiger partial charge in [-0.05, 0) is 72.9 Å². The van der Waals surface area contributed by atoms with Gasteiger partial charge in [0.05, 0.1) is 0 Å². The summed E-state index contributed by atoms with van der Waals surface area (Å²) >= 11 is 0. The van der Waals surface area contributed by atoms with Gasteiger partial charge in [0, 0.05) is 11.4 Å². The van der Waals surface area contributed by atoms with E-state index >= 15 is 0 Å². The lowest BCUT2D eigenvalue weighted by Gasteiger charge is -2.30. The molecule has 0 spiro atoms. The third-order valence-corrected chi connectivity index (χ3v) is 4.94. The standard InChI is InChI=1S/C20H24N2.C2H6/c1-15-10-12-20(14-15,17-4-8-19(22)9-5-17)13-11-16-2-6-18(21)7-3-16;1-2/h2-9H,1,10-14,21-22H2;1-2H3. The van der Waals surface area contributed by atoms with E-state index in [4.69, 9.17) is 11.5 Å². The van der Waals surface area contributed by atoms with Crippen molar-refractivity contribution in [1.82, 2.24) is 0 Å². The molecule has 4 N–H and O–H groups in total. The zero-order chi connectivity index (χ0) is 17.6. The van der Waals surface area contributed by atoms with Crippen molar-refractivity contribution in [2.24, 2.45) is 0 Å². The molecular weight excluding hydrogens is 292 g/mol. The molecule has 1 saturated carbocycles. The van der Waals surface area contributed by atoms with Crippen LogP contribution in [-0.2, 0) is 11.8 Å². The maximum Gasteiger partial charge on any atom is 0.0314 e. The third-order valence-electron chi connectivity index (χ3n) is 4.94. The number of nitrogens with two attached hydrogens (primary N) is 2. The zero-order valence-electron chi connectivity index (χ0n) is 15.0. The van der Waals surface area contributed by atoms with Gasteiger partial charge in [-0.25, -0.2) is 0 Å². The van der Waals surface area contributed by atoms with Gasteiger partial charge in [0.15, 0.2) is 0 Å². The predicted molar refractivity (Wildman–Crippen MR) is 106 cm³/mol. The number of anilines is 2. The fraction of sp³-hybridized carbons (Fsp3) is 0.364. The molecule has 2 nitrogen and oxygen atoms in total. The van der Waals surface area contributed by atoms with Crippen LogP contribution >= 0.6 is 0 Å². The summed E-state index contributed by atoms with van der Waals surface area (Å²) in [5.41, 5.74) is 17.6. The number of hydrogen-bond acceptors (Lipinski definition) is 2. The molecule has 0 heterocycles. The summed E-state index contributed by atoms with van der Waals surface area (Å²) in [6, 6.07) is 16.7. The fourth-order valence-electron chi connectivity index (χ4n) is 3.58. The molecule has 3 rings (SSSR count). The minimum atomic E-state index is 0.214. The van der Waals surface area contributed by atoms with Crippen molar-refractivity contribution in [2.45, 2.75) is 51.4 Å². The van der Waals surface area contributed by atoms with Gasteiger partial charge >= 0.3 is 0 Å². The van der Waals surface area contributed by atoms with Crippen LogP contribution in [0.25, 0.3) is 0 Å². The Kier molecular flexibility index (Phi) is 6.08. The second kappa shape index (κ2) is 8.05. The van der Waals surface area contributed by atoms with Crippen molar-refractivity contribution >= 4 is 11.4 Å². The number of benzene rings is 2. The lowest BCUT2D eigenvalue weighted by Crippen LogP contribution is -2.23. The van der Waals surface area contributed by atoms with Crippen molar-refractivity contribution in [3.8, 4) is 0 Å². The van der Waals surface area contributed by atoms with Crippen LogP contribution in [0.4, 0.5) is 11.4 Å². The van der Waals surface area contributed by atoms with Crippen LogP contribution in [0.3, 0.4) is 0 Å². The number of aryl methyl sites for hydroxylation is 1. The minimum Gasteiger partial charge on any atom is -0.399 e. The van der Waals surface area contributed by atoms with E-state index in [9.17, 15) is 0 Å². The Bertz CT molecular complexity index is 655. The topological polar surface area (TPSA) is 52.0 Å². The molecule has 0 saturated heterocycles. The van der Waals surface area contributed by atoms with E-state index < -0.39 is 0 Å². The highest BCUT2D eigenvalue weighted by Gasteiger charge is 2.36. The maximum absolute atomic E-state index is 5.85. The first-order chi connectivity index (χ1) is 11.6. The average Bonchev–Trinajstić information content (AvgIpc) is 2.99. The highest BCUT2D eigenvalue weighted by Crippen LogP contribution is 2.46. The smallest absolute Gasteiger partial charge is 0.0314 e. The maximum atomic E-state index is 5.85. The number of allylic oxidation sites excluding steroid dienone is 1. The van der Waals surface area contributed by atoms with Gasteiger partial charge in [0.25, 0.3) is 0 Å². The highest BCUT2D eigenvalue weighted by atomic mass is 14.5. The lowest BCUT2D eigenvalue weighted by molar-refractivity contribution is 0.412. The van der Waals surface area contributed by atoms with Crippen LogP contribution in [-0.4, -0.2) is 0 Å². The Morgan fingerprint density at radius 3 is 1.96 bits per heavy atom. The summed E-state index contributed by atoms with van der Waals surface area (Å²) < 4.78 is 0. The van der Waals surface area contributed by atoms with Crippen LogP contribution < -0.4 is 11.5 Å². The molecule has 0 radical (unpaired) electrons. The molecule has 1 unspecified atom stereocenters. The lowest BCUT2D eigenvalue weighted by atomic mass is 9.74. The molecule has 24 heavy (non-hydrogen) atoms. The molecule has 0 bridgehead atoms. The van der Waals surface area contributed by atoms with E-state index in [1.54, 1.807) is 0 Å². The minimum absolute atomic E-state index is 0.214. The van der Waals surface area contributed by atoms with Crippen molar-refractivity contribution in [3.63, 3.8) is 0 Å². The Morgan fingerprint density at radius 2 is 1.46 bits per heavy atom. The molecule has 1 atom stereocenters. The summed E-state index contributed by atoms with van der Waals surface area (Å²) in [6.07, 6.45) is 5.61. The van der Waals surface area contributed by atoms with E-state index in [0.29, 0.717) is 0 Å². The van der Waals surface area contributed by atoms with Crippen molar-refractivity contribution < 1.29 is 0 Å². The molecule has 2 aromatic carbocycles. The summed E-state index contributed by atoms with van der Waals surface area (Å²) in [5, 5.41) is 0. The van der Waals surface area contributed by atoms with Gasteiger partial charge in [-0.15, -0.1) is 0 Å². The molecule has 1 fully saturated rings. The van der Waals surface area contributed by atoms with E-state index in [0.717, 1.165) is 37.1 Å². The van der Waals surface area contributed by atoms with Crippen molar-refractivity contribution in [2.75, 3.05) is 11.5 Å². The van der Waals surface area contributed by atoms with Gasteiger partial charge in [-0.3, -0.25) is 0 Å². The Labute approximate surface area is 146 Å². The van der Waals surface area contributed by atoms with E-state index in [1.807, 2.05) is 38.1 Å². The molecule has 1 aliphatic rings. The fourth-order valence-corrected chi connectivity index (χ4v) is 3.58. The van der Waals surface area contributed by atoms with Gasteiger partial charge in [-0.1, -0.05) is 50.3 Å². The quantitative estimate of drug-likeness (QED) is 0.578. The molecule has 0 aliphatic heterocycles. The van der Waals surface area contributed by atoms with Gasteiger partial charge < -0.3 is 11.5 Å². The molecule has 0 amide bonds. The average molecular weight is 322 g/mol. The molecule has 0 aromatic heterocycles. The van der Waals surface area contributed by atoms with E-state index in [-0.39, 0.29) is 5.41 Å². The second-order valence-corrected chi connectivity index (χ2v) is 6.57. The first kappa shape index (κ1) is 18.1. The highest BCUT2D eigenvalue weighted by molar-refractivity contribution is 5.43. The normalized spacial score (nSPS) is 19.7. The number of rotatable bonds is 4. The predicted octanol–water partition coefficient (Wildman–Crippen LogP) is 5.49. The van der Waals surface area contributed by atoms with Crippen LogP contribution in [0.5, 0.6) is 0 Å². The Morgan fingerprint density at radius 1 is 0.917 bits per heavy atom. The SMILES string of the molecule is C=C1CCC(CCc2ccc(N)cc2)(c2ccc(N)cc2)C1.CC. The van der Waals surface area contributed by atoms with Crippen LogP contribution in [0.1, 0.15) is 50.7 Å². The first-order valence-corrected chi connectivity index (χ1v) is 8.94. The third kappa shape index (κ3) is 4.19. The second-order valence-electron chi connectivity index (χ2n) is 6.57. The summed E-state index contributed by atoms with van der Waals surface area (Å²) in [6.45, 7) is 8.22. The Balaban J connectivity index is 0.00000100. The van der Waals surface area contributed by atoms with Crippen molar-refractivity contribution in [1.29, 1.82) is 0 Å². The molecule has 128 valence electrons. The Hall–Kier alpha value is -2.22. The van der Waals surface area contributed by atoms with Crippen LogP contribution in [0, 0.1) is 0 Å². The van der Waals surface area contributed by atoms with Crippen LogP contribution in [0.2, 0.25) is 0 Å². The summed E-state index contributed by atoms with van der Waals surface area (Å²) in [4.78, 5) is 0. The monoisotopic (exact) mass is 322 g/mol. The van der Waals surface area contributed by atoms with Gasteiger partial charge in [-0.2, -0.15) is 0 Å². The zero-order valence-corrected chi connectivity index (χ0v) is 15.0. The number of hydrogen-bond donors (Lipinski definition) is 2. The molecular formula is C22H30N2. The van der Waals surface area contributed by atoms with Crippen molar-refractivity contribution in [3.05, 3.63) is 71.8 Å². The van der Waals surface area contributed by atoms with Gasteiger partial charge in [0.1, 0.15) is 0 Å². The largest absolute Gasteiger partial charge is 0.399 e. The number of nitrogen functional groups attached to an aromatic ring is 2. The molecule has 2 aromatic rings. The molecule has 2 heteroatoms. The van der Waals surface area contributed by atoms with E-state index in [2.05, 4.69) is 30.8 Å². The molecule has 1 aliphatic carbocycles. The summed E-state index contributed by atoms with van der Waals surface area (Å²) in [5.74, 6) is 0. The first-order valence-electron chi connectivity index (χ1n) is 8.94. The summed E-state index contributed by atoms with van der Waals surface area (Å²) in [7, 11) is 0.